The number of aromatic nitrogens is 3. The van der Waals surface area contributed by atoms with Gasteiger partial charge < -0.3 is 9.64 Å². The van der Waals surface area contributed by atoms with Gasteiger partial charge in [-0.15, -0.1) is 0 Å². The van der Waals surface area contributed by atoms with Gasteiger partial charge in [-0.05, 0) is 55.5 Å². The number of piperidine rings is 1. The van der Waals surface area contributed by atoms with Crippen LogP contribution in [-0.2, 0) is 11.3 Å². The van der Waals surface area contributed by atoms with Crippen molar-refractivity contribution in [3.8, 4) is 0 Å². The maximum absolute atomic E-state index is 5.50. The lowest BCUT2D eigenvalue weighted by atomic mass is 9.76. The number of likely N-dealkylation sites (tertiary alicyclic amines) is 1. The largest absolute Gasteiger partial charge is 0.383 e. The molecule has 0 radical (unpaired) electrons. The molecule has 0 N–H and O–H groups in total. The van der Waals surface area contributed by atoms with Gasteiger partial charge in [-0.3, -0.25) is 9.88 Å². The number of hydrogen-bond donors (Lipinski definition) is 0. The van der Waals surface area contributed by atoms with Gasteiger partial charge in [-0.25, -0.2) is 9.97 Å². The van der Waals surface area contributed by atoms with Crippen LogP contribution in [0.2, 0.25) is 0 Å². The minimum absolute atomic E-state index is 0.355. The molecule has 4 heterocycles. The molecule has 2 fully saturated rings. The van der Waals surface area contributed by atoms with Gasteiger partial charge in [0.1, 0.15) is 0 Å². The van der Waals surface area contributed by atoms with E-state index in [2.05, 4.69) is 30.8 Å². The maximum Gasteiger partial charge on any atom is 0.225 e. The average molecular weight is 353 g/mol. The first-order valence-corrected chi connectivity index (χ1v) is 9.42. The first-order chi connectivity index (χ1) is 12.8. The van der Waals surface area contributed by atoms with Crippen molar-refractivity contribution in [2.45, 2.75) is 31.8 Å². The SMILES string of the molecule is COC[C@H]1CC2(CCN(Cc3cccnc3)CC2)CN1c1ncccn1. The highest BCUT2D eigenvalue weighted by atomic mass is 16.5. The van der Waals surface area contributed by atoms with E-state index in [0.717, 1.165) is 38.7 Å². The highest BCUT2D eigenvalue weighted by Gasteiger charge is 2.46. The summed E-state index contributed by atoms with van der Waals surface area (Å²) in [6.45, 7) is 5.04. The first kappa shape index (κ1) is 17.4. The topological polar surface area (TPSA) is 54.4 Å². The zero-order valence-electron chi connectivity index (χ0n) is 15.4. The Balaban J connectivity index is 1.41. The van der Waals surface area contributed by atoms with Crippen LogP contribution in [0.15, 0.2) is 43.0 Å². The van der Waals surface area contributed by atoms with Crippen molar-refractivity contribution in [1.82, 2.24) is 19.9 Å². The van der Waals surface area contributed by atoms with E-state index < -0.39 is 0 Å². The van der Waals surface area contributed by atoms with Gasteiger partial charge in [0.25, 0.3) is 0 Å². The molecule has 1 atom stereocenters. The van der Waals surface area contributed by atoms with E-state index in [1.165, 1.54) is 24.8 Å². The highest BCUT2D eigenvalue weighted by molar-refractivity contribution is 5.35. The van der Waals surface area contributed by atoms with Crippen LogP contribution in [0.5, 0.6) is 0 Å². The lowest BCUT2D eigenvalue weighted by molar-refractivity contribution is 0.106. The molecule has 0 aliphatic carbocycles. The highest BCUT2D eigenvalue weighted by Crippen LogP contribution is 2.44. The van der Waals surface area contributed by atoms with Gasteiger partial charge in [0.05, 0.1) is 12.6 Å². The van der Waals surface area contributed by atoms with Gasteiger partial charge in [0.2, 0.25) is 5.95 Å². The molecule has 6 nitrogen and oxygen atoms in total. The van der Waals surface area contributed by atoms with Crippen molar-refractivity contribution in [2.75, 3.05) is 38.3 Å². The third-order valence-corrected chi connectivity index (χ3v) is 5.83. The van der Waals surface area contributed by atoms with E-state index in [0.29, 0.717) is 11.5 Å². The fourth-order valence-electron chi connectivity index (χ4n) is 4.48. The number of hydrogen-bond acceptors (Lipinski definition) is 6. The number of nitrogens with zero attached hydrogens (tertiary/aromatic N) is 5. The van der Waals surface area contributed by atoms with E-state index in [1.807, 2.05) is 36.9 Å². The molecule has 138 valence electrons. The van der Waals surface area contributed by atoms with Gasteiger partial charge in [-0.2, -0.15) is 0 Å². The zero-order valence-corrected chi connectivity index (χ0v) is 15.4. The summed E-state index contributed by atoms with van der Waals surface area (Å²) < 4.78 is 5.50. The third-order valence-electron chi connectivity index (χ3n) is 5.83. The lowest BCUT2D eigenvalue weighted by Gasteiger charge is -2.39. The predicted molar refractivity (Wildman–Crippen MR) is 101 cm³/mol. The van der Waals surface area contributed by atoms with Crippen LogP contribution in [0.3, 0.4) is 0 Å². The van der Waals surface area contributed by atoms with Crippen LogP contribution in [0.4, 0.5) is 5.95 Å². The van der Waals surface area contributed by atoms with Crippen LogP contribution in [0, 0.1) is 5.41 Å². The van der Waals surface area contributed by atoms with Gasteiger partial charge in [0, 0.05) is 45.0 Å². The first-order valence-electron chi connectivity index (χ1n) is 9.42. The van der Waals surface area contributed by atoms with Crippen molar-refractivity contribution in [1.29, 1.82) is 0 Å². The Morgan fingerprint density at radius 3 is 2.65 bits per heavy atom. The standard InChI is InChI=1S/C20H27N5O/c1-26-15-18-12-20(16-25(18)19-22-8-3-9-23-19)5-10-24(11-6-20)14-17-4-2-7-21-13-17/h2-4,7-9,13,18H,5-6,10-12,14-16H2,1H3/t18-/m1/s1. The Kier molecular flexibility index (Phi) is 5.13. The van der Waals surface area contributed by atoms with Crippen molar-refractivity contribution >= 4 is 5.95 Å². The molecule has 26 heavy (non-hydrogen) atoms. The summed E-state index contributed by atoms with van der Waals surface area (Å²) in [4.78, 5) is 18.1. The van der Waals surface area contributed by atoms with E-state index in [9.17, 15) is 0 Å². The summed E-state index contributed by atoms with van der Waals surface area (Å²) in [6, 6.07) is 6.42. The van der Waals surface area contributed by atoms with E-state index in [-0.39, 0.29) is 0 Å². The van der Waals surface area contributed by atoms with Gasteiger partial charge in [-0.1, -0.05) is 6.07 Å². The summed E-state index contributed by atoms with van der Waals surface area (Å²) in [6.07, 6.45) is 11.1. The van der Waals surface area contributed by atoms with E-state index >= 15 is 0 Å². The maximum atomic E-state index is 5.50. The molecular weight excluding hydrogens is 326 g/mol. The minimum atomic E-state index is 0.355. The molecule has 2 aromatic heterocycles. The van der Waals surface area contributed by atoms with E-state index in [4.69, 9.17) is 4.74 Å². The smallest absolute Gasteiger partial charge is 0.225 e. The summed E-state index contributed by atoms with van der Waals surface area (Å²) in [7, 11) is 1.78. The van der Waals surface area contributed by atoms with Crippen LogP contribution in [0.25, 0.3) is 0 Å². The molecule has 0 bridgehead atoms. The number of methoxy groups -OCH3 is 1. The van der Waals surface area contributed by atoms with Gasteiger partial charge >= 0.3 is 0 Å². The number of ether oxygens (including phenoxy) is 1. The Hall–Kier alpha value is -2.05. The fourth-order valence-corrected chi connectivity index (χ4v) is 4.48. The normalized spacial score (nSPS) is 22.8. The van der Waals surface area contributed by atoms with Crippen LogP contribution in [-0.4, -0.2) is 59.2 Å². The summed E-state index contributed by atoms with van der Waals surface area (Å²) in [5, 5.41) is 0. The second-order valence-electron chi connectivity index (χ2n) is 7.63. The molecule has 2 aliphatic rings. The number of pyridine rings is 1. The molecule has 2 aromatic rings. The van der Waals surface area contributed by atoms with Crippen LogP contribution in [0.1, 0.15) is 24.8 Å². The molecule has 0 amide bonds. The van der Waals surface area contributed by atoms with E-state index in [1.54, 1.807) is 7.11 Å². The van der Waals surface area contributed by atoms with Crippen molar-refractivity contribution in [2.24, 2.45) is 5.41 Å². The summed E-state index contributed by atoms with van der Waals surface area (Å²) in [5.41, 5.74) is 1.65. The predicted octanol–water partition coefficient (Wildman–Crippen LogP) is 2.38. The van der Waals surface area contributed by atoms with Crippen LogP contribution < -0.4 is 4.90 Å². The molecular formula is C20H27N5O. The molecule has 1 spiro atoms. The monoisotopic (exact) mass is 353 g/mol. The summed E-state index contributed by atoms with van der Waals surface area (Å²) in [5.74, 6) is 0.837. The minimum Gasteiger partial charge on any atom is -0.383 e. The van der Waals surface area contributed by atoms with Crippen molar-refractivity contribution in [3.63, 3.8) is 0 Å². The molecule has 2 aliphatic heterocycles. The second kappa shape index (κ2) is 7.68. The zero-order chi connectivity index (χ0) is 17.8. The molecule has 0 unspecified atom stereocenters. The Bertz CT molecular complexity index is 688. The summed E-state index contributed by atoms with van der Waals surface area (Å²) >= 11 is 0. The third kappa shape index (κ3) is 3.71. The van der Waals surface area contributed by atoms with Crippen LogP contribution >= 0.6 is 0 Å². The fraction of sp³-hybridized carbons (Fsp3) is 0.550. The molecule has 4 rings (SSSR count). The second-order valence-corrected chi connectivity index (χ2v) is 7.63. The Morgan fingerprint density at radius 1 is 1.15 bits per heavy atom. The number of rotatable bonds is 5. The molecule has 2 saturated heterocycles. The Labute approximate surface area is 155 Å². The van der Waals surface area contributed by atoms with Gasteiger partial charge in [0.15, 0.2) is 0 Å². The number of anilines is 1. The quantitative estimate of drug-likeness (QED) is 0.823. The average Bonchev–Trinajstić information content (AvgIpc) is 3.04. The molecule has 0 saturated carbocycles. The Morgan fingerprint density at radius 2 is 1.96 bits per heavy atom. The van der Waals surface area contributed by atoms with Crippen molar-refractivity contribution < 1.29 is 4.74 Å². The lowest BCUT2D eigenvalue weighted by Crippen LogP contribution is -2.41. The van der Waals surface area contributed by atoms with Crippen molar-refractivity contribution in [3.05, 3.63) is 48.5 Å². The molecule has 0 aromatic carbocycles. The molecule has 6 heteroatoms.